The number of allylic oxidation sites excluding steroid dienone is 1. The van der Waals surface area contributed by atoms with Gasteiger partial charge >= 0.3 is 12.2 Å². The molecule has 0 radical (unpaired) electrons. The van der Waals surface area contributed by atoms with Crippen molar-refractivity contribution in [1.82, 2.24) is 23.9 Å². The van der Waals surface area contributed by atoms with Gasteiger partial charge in [-0.15, -0.1) is 0 Å². The number of fused-ring (bicyclic) bond motifs is 1. The molecular weight excluding hydrogens is 606 g/mol. The molecule has 2 heterocycles. The van der Waals surface area contributed by atoms with Crippen LogP contribution in [0.4, 0.5) is 24.1 Å². The fourth-order valence-electron chi connectivity index (χ4n) is 4.45. The predicted molar refractivity (Wildman–Crippen MR) is 166 cm³/mol. The van der Waals surface area contributed by atoms with Gasteiger partial charge in [-0.2, -0.15) is 0 Å². The number of carboxylic acid groups (broad SMARTS) is 1. The van der Waals surface area contributed by atoms with Gasteiger partial charge in [0.15, 0.2) is 17.7 Å². The highest BCUT2D eigenvalue weighted by Gasteiger charge is 2.27. The highest BCUT2D eigenvalue weighted by atomic mass is 19.2. The van der Waals surface area contributed by atoms with Gasteiger partial charge in [0.25, 0.3) is 11.5 Å². The Morgan fingerprint density at radius 2 is 1.80 bits per heavy atom. The van der Waals surface area contributed by atoms with Crippen LogP contribution in [0.25, 0.3) is 11.0 Å². The second-order valence-corrected chi connectivity index (χ2v) is 12.2. The maximum absolute atomic E-state index is 14.9. The third kappa shape index (κ3) is 8.55. The number of rotatable bonds is 10. The van der Waals surface area contributed by atoms with E-state index in [9.17, 15) is 37.9 Å². The number of hydrogen-bond acceptors (Lipinski definition) is 7. The molecule has 1 atom stereocenters. The molecule has 13 nitrogen and oxygen atoms in total. The summed E-state index contributed by atoms with van der Waals surface area (Å²) in [5.74, 6) is -3.63. The van der Waals surface area contributed by atoms with Crippen LogP contribution < -0.4 is 10.9 Å². The molecule has 15 heteroatoms. The first-order valence-corrected chi connectivity index (χ1v) is 14.3. The zero-order valence-corrected chi connectivity index (χ0v) is 26.8. The molecule has 0 aliphatic heterocycles. The predicted octanol–water partition coefficient (Wildman–Crippen LogP) is 4.07. The second kappa shape index (κ2) is 14.3. The number of hydrogen-bond donors (Lipinski definition) is 2. The number of anilines is 1. The summed E-state index contributed by atoms with van der Waals surface area (Å²) in [5, 5.41) is 12.4. The molecule has 1 aromatic carbocycles. The van der Waals surface area contributed by atoms with E-state index in [2.05, 4.69) is 10.3 Å². The Morgan fingerprint density at radius 3 is 2.39 bits per heavy atom. The highest BCUT2D eigenvalue weighted by Crippen LogP contribution is 2.31. The van der Waals surface area contributed by atoms with Crippen molar-refractivity contribution >= 4 is 40.7 Å². The van der Waals surface area contributed by atoms with Crippen molar-refractivity contribution in [2.75, 3.05) is 33.5 Å². The fraction of sp³-hybridized carbons (Fsp3) is 0.419. The Kier molecular flexibility index (Phi) is 11.0. The van der Waals surface area contributed by atoms with Crippen molar-refractivity contribution in [3.63, 3.8) is 0 Å². The van der Waals surface area contributed by atoms with Crippen molar-refractivity contribution in [3.8, 4) is 0 Å². The summed E-state index contributed by atoms with van der Waals surface area (Å²) in [5.41, 5.74) is -1.75. The van der Waals surface area contributed by atoms with Crippen LogP contribution >= 0.6 is 0 Å². The van der Waals surface area contributed by atoms with Gasteiger partial charge in [-0.25, -0.2) is 27.9 Å². The topological polar surface area (TPSA) is 156 Å². The monoisotopic (exact) mass is 644 g/mol. The van der Waals surface area contributed by atoms with E-state index >= 15 is 0 Å². The van der Waals surface area contributed by atoms with E-state index in [1.807, 2.05) is 20.8 Å². The SMILES string of the molecule is CN(C)C(=O)/C=C/CC[C@H](OC(=O)N(C)C)C(=O)Nc1cccn(Cc2nc3c(CC(C)(C)C)c(F)c(F)cc3n2C(=O)O)c1=O. The van der Waals surface area contributed by atoms with Crippen molar-refractivity contribution in [2.45, 2.75) is 52.7 Å². The minimum absolute atomic E-state index is 0.00367. The maximum atomic E-state index is 14.9. The minimum Gasteiger partial charge on any atom is -0.464 e. The number of aromatic nitrogens is 3. The molecule has 46 heavy (non-hydrogen) atoms. The fourth-order valence-corrected chi connectivity index (χ4v) is 4.45. The third-order valence-corrected chi connectivity index (χ3v) is 6.69. The molecule has 0 aliphatic carbocycles. The van der Waals surface area contributed by atoms with Gasteiger partial charge in [0.05, 0.1) is 17.6 Å². The molecular formula is C31H38F2N6O7. The maximum Gasteiger partial charge on any atom is 0.417 e. The molecule has 0 fully saturated rings. The molecule has 3 rings (SSSR count). The molecule has 3 aromatic rings. The van der Waals surface area contributed by atoms with Crippen LogP contribution in [0.2, 0.25) is 0 Å². The Labute approximate surface area is 264 Å². The average Bonchev–Trinajstić information content (AvgIpc) is 3.31. The number of carbonyl (C=O) groups excluding carboxylic acids is 3. The summed E-state index contributed by atoms with van der Waals surface area (Å²) in [6, 6.07) is 3.48. The van der Waals surface area contributed by atoms with Crippen LogP contribution in [-0.2, 0) is 27.3 Å². The Balaban J connectivity index is 1.95. The summed E-state index contributed by atoms with van der Waals surface area (Å²) >= 11 is 0. The lowest BCUT2D eigenvalue weighted by Crippen LogP contribution is -2.37. The van der Waals surface area contributed by atoms with E-state index in [0.717, 1.165) is 15.5 Å². The first-order chi connectivity index (χ1) is 21.4. The van der Waals surface area contributed by atoms with E-state index < -0.39 is 53.4 Å². The van der Waals surface area contributed by atoms with Gasteiger partial charge in [0, 0.05) is 46.0 Å². The number of imidazole rings is 1. The third-order valence-electron chi connectivity index (χ3n) is 6.69. The Bertz CT molecular complexity index is 1740. The van der Waals surface area contributed by atoms with E-state index in [4.69, 9.17) is 4.74 Å². The Morgan fingerprint density at radius 1 is 1.13 bits per heavy atom. The second-order valence-electron chi connectivity index (χ2n) is 12.2. The highest BCUT2D eigenvalue weighted by molar-refractivity contribution is 5.95. The van der Waals surface area contributed by atoms with Crippen LogP contribution in [0.15, 0.2) is 41.3 Å². The zero-order valence-electron chi connectivity index (χ0n) is 26.8. The van der Waals surface area contributed by atoms with E-state index in [1.54, 1.807) is 14.1 Å². The Hall–Kier alpha value is -5.08. The van der Waals surface area contributed by atoms with Gasteiger partial charge in [-0.05, 0) is 42.9 Å². The number of likely N-dealkylation sites (N-methyl/N-ethyl adjacent to an activating group) is 1. The van der Waals surface area contributed by atoms with Gasteiger partial charge in [0.2, 0.25) is 5.91 Å². The van der Waals surface area contributed by atoms with Crippen LogP contribution in [0.1, 0.15) is 45.0 Å². The van der Waals surface area contributed by atoms with Crippen LogP contribution in [0.3, 0.4) is 0 Å². The van der Waals surface area contributed by atoms with Gasteiger partial charge in [-0.3, -0.25) is 14.4 Å². The van der Waals surface area contributed by atoms with Gasteiger partial charge < -0.3 is 29.5 Å². The summed E-state index contributed by atoms with van der Waals surface area (Å²) in [6.07, 6.45) is 0.781. The molecule has 3 amide bonds. The quantitative estimate of drug-likeness (QED) is 0.313. The minimum atomic E-state index is -1.52. The lowest BCUT2D eigenvalue weighted by atomic mass is 9.87. The number of amides is 3. The van der Waals surface area contributed by atoms with Crippen molar-refractivity contribution in [3.05, 3.63) is 69.9 Å². The number of nitrogens with one attached hydrogen (secondary N) is 1. The molecule has 0 bridgehead atoms. The largest absolute Gasteiger partial charge is 0.464 e. The van der Waals surface area contributed by atoms with Crippen molar-refractivity contribution in [2.24, 2.45) is 5.41 Å². The standard InChI is InChI=1S/C31H38F2N6O7/c1-31(2,3)16-18-25(33)19(32)15-21-26(18)35-23(39(21)29(43)44)17-38-14-10-11-20(28(38)42)34-27(41)22(46-30(45)37(6)7)12-8-9-13-24(40)36(4)5/h9-11,13-15,22H,8,12,16-17H2,1-7H3,(H,34,41)(H,43,44)/b13-9+/t22-/m0/s1. The normalized spacial score (nSPS) is 12.3. The molecule has 0 saturated heterocycles. The van der Waals surface area contributed by atoms with E-state index in [-0.39, 0.29) is 53.3 Å². The van der Waals surface area contributed by atoms with Gasteiger partial charge in [-0.1, -0.05) is 26.8 Å². The molecule has 2 N–H and O–H groups in total. The first kappa shape index (κ1) is 35.4. The molecule has 0 aliphatic rings. The van der Waals surface area contributed by atoms with Crippen molar-refractivity contribution in [1.29, 1.82) is 0 Å². The summed E-state index contributed by atoms with van der Waals surface area (Å²) in [4.78, 5) is 69.7. The smallest absolute Gasteiger partial charge is 0.417 e. The van der Waals surface area contributed by atoms with Crippen LogP contribution in [0.5, 0.6) is 0 Å². The summed E-state index contributed by atoms with van der Waals surface area (Å²) in [7, 11) is 6.02. The molecule has 0 saturated carbocycles. The van der Waals surface area contributed by atoms with E-state index in [1.165, 1.54) is 49.5 Å². The van der Waals surface area contributed by atoms with Crippen LogP contribution in [-0.4, -0.2) is 87.3 Å². The van der Waals surface area contributed by atoms with E-state index in [0.29, 0.717) is 4.57 Å². The lowest BCUT2D eigenvalue weighted by Gasteiger charge is -2.19. The zero-order chi connectivity index (χ0) is 34.5. The average molecular weight is 645 g/mol. The molecule has 0 spiro atoms. The molecule has 0 unspecified atom stereocenters. The molecule has 248 valence electrons. The van der Waals surface area contributed by atoms with Crippen molar-refractivity contribution < 1.29 is 37.8 Å². The number of carbonyl (C=O) groups is 4. The number of benzene rings is 1. The number of nitrogens with zero attached hydrogens (tertiary/aromatic N) is 5. The summed E-state index contributed by atoms with van der Waals surface area (Å²) < 4.78 is 36.6. The summed E-state index contributed by atoms with van der Waals surface area (Å²) in [6.45, 7) is 5.01. The van der Waals surface area contributed by atoms with Gasteiger partial charge in [0.1, 0.15) is 11.5 Å². The first-order valence-electron chi connectivity index (χ1n) is 14.3. The number of halogens is 2. The van der Waals surface area contributed by atoms with Crippen LogP contribution in [0, 0.1) is 17.0 Å². The number of ether oxygens (including phenoxy) is 1. The molecule has 2 aromatic heterocycles. The number of pyridine rings is 1. The lowest BCUT2D eigenvalue weighted by molar-refractivity contribution is -0.125.